The van der Waals surface area contributed by atoms with Crippen LogP contribution in [0, 0.1) is 0 Å². The van der Waals surface area contributed by atoms with Gasteiger partial charge in [-0.15, -0.1) is 0 Å². The van der Waals surface area contributed by atoms with Crippen molar-refractivity contribution in [2.24, 2.45) is 7.05 Å². The van der Waals surface area contributed by atoms with E-state index in [1.54, 1.807) is 14.1 Å². The number of anilines is 1. The van der Waals surface area contributed by atoms with Gasteiger partial charge in [0.1, 0.15) is 5.82 Å². The number of nitrogens with one attached hydrogen (secondary N) is 1. The Morgan fingerprint density at radius 1 is 1.50 bits per heavy atom. The molecule has 0 bridgehead atoms. The van der Waals surface area contributed by atoms with E-state index in [2.05, 4.69) is 15.3 Å². The van der Waals surface area contributed by atoms with Crippen LogP contribution in [0.4, 0.5) is 5.95 Å². The molecule has 1 rings (SSSR count). The molecule has 0 radical (unpaired) electrons. The van der Waals surface area contributed by atoms with Gasteiger partial charge in [0.15, 0.2) is 0 Å². The largest absolute Gasteiger partial charge is 0.359 e. The zero-order valence-electron chi connectivity index (χ0n) is 7.46. The van der Waals surface area contributed by atoms with E-state index in [0.717, 1.165) is 0 Å². The van der Waals surface area contributed by atoms with Crippen molar-refractivity contribution in [3.8, 4) is 0 Å². The van der Waals surface area contributed by atoms with Gasteiger partial charge in [-0.2, -0.15) is 9.97 Å². The van der Waals surface area contributed by atoms with Crippen LogP contribution in [-0.2, 0) is 13.5 Å². The minimum absolute atomic E-state index is 0.272. The molecule has 0 saturated heterocycles. The van der Waals surface area contributed by atoms with Gasteiger partial charge in [-0.3, -0.25) is 4.57 Å². The van der Waals surface area contributed by atoms with Gasteiger partial charge in [-0.05, 0) is 0 Å². The van der Waals surface area contributed by atoms with Crippen molar-refractivity contribution in [1.29, 1.82) is 0 Å². The van der Waals surface area contributed by atoms with Gasteiger partial charge >= 0.3 is 5.69 Å². The lowest BCUT2D eigenvalue weighted by atomic mass is 10.4. The monoisotopic (exact) mass is 168 g/mol. The van der Waals surface area contributed by atoms with Crippen molar-refractivity contribution < 1.29 is 0 Å². The second-order valence-corrected chi connectivity index (χ2v) is 2.41. The van der Waals surface area contributed by atoms with Crippen molar-refractivity contribution in [2.75, 3.05) is 12.4 Å². The van der Waals surface area contributed by atoms with Crippen molar-refractivity contribution in [3.63, 3.8) is 0 Å². The lowest BCUT2D eigenvalue weighted by Crippen LogP contribution is -2.25. The zero-order valence-corrected chi connectivity index (χ0v) is 7.46. The fraction of sp³-hybridized carbons (Fsp3) is 0.571. The fourth-order valence-corrected chi connectivity index (χ4v) is 0.880. The molecule has 1 aromatic rings. The van der Waals surface area contributed by atoms with Crippen LogP contribution in [0.2, 0.25) is 0 Å². The minimum atomic E-state index is -0.272. The number of hydrogen-bond donors (Lipinski definition) is 1. The Morgan fingerprint density at radius 2 is 2.17 bits per heavy atom. The molecule has 0 amide bonds. The first kappa shape index (κ1) is 8.70. The molecule has 0 aromatic carbocycles. The highest BCUT2D eigenvalue weighted by Gasteiger charge is 2.02. The molecule has 0 atom stereocenters. The van der Waals surface area contributed by atoms with Gasteiger partial charge in [0, 0.05) is 20.5 Å². The Kier molecular flexibility index (Phi) is 2.42. The lowest BCUT2D eigenvalue weighted by molar-refractivity contribution is 0.745. The summed E-state index contributed by atoms with van der Waals surface area (Å²) in [7, 11) is 3.36. The molecule has 5 heteroatoms. The van der Waals surface area contributed by atoms with Crippen LogP contribution in [0.1, 0.15) is 12.7 Å². The van der Waals surface area contributed by atoms with Crippen LogP contribution in [-0.4, -0.2) is 21.6 Å². The molecule has 0 aliphatic heterocycles. The summed E-state index contributed by atoms with van der Waals surface area (Å²) in [6.45, 7) is 1.91. The molecule has 0 fully saturated rings. The molecule has 1 heterocycles. The quantitative estimate of drug-likeness (QED) is 0.663. The number of nitrogens with zero attached hydrogens (tertiary/aromatic N) is 3. The molecule has 5 nitrogen and oxygen atoms in total. The third-order valence-corrected chi connectivity index (χ3v) is 1.60. The average molecular weight is 168 g/mol. The predicted octanol–water partition coefficient (Wildman–Crippen LogP) is -0.221. The Bertz CT molecular complexity index is 331. The number of rotatable bonds is 2. The molecule has 12 heavy (non-hydrogen) atoms. The van der Waals surface area contributed by atoms with E-state index in [4.69, 9.17) is 0 Å². The minimum Gasteiger partial charge on any atom is -0.359 e. The van der Waals surface area contributed by atoms with Gasteiger partial charge in [-0.1, -0.05) is 6.92 Å². The van der Waals surface area contributed by atoms with Crippen molar-refractivity contribution in [3.05, 3.63) is 16.3 Å². The zero-order chi connectivity index (χ0) is 9.14. The Hall–Kier alpha value is -1.39. The number of hydrogen-bond acceptors (Lipinski definition) is 4. The van der Waals surface area contributed by atoms with E-state index < -0.39 is 0 Å². The standard InChI is InChI=1S/C7H12N4O/c1-4-5-9-6(8-2)11(3)7(12)10-5/h4H2,1-3H3,(H,8,9,10,12). The highest BCUT2D eigenvalue weighted by molar-refractivity contribution is 5.22. The molecule has 1 N–H and O–H groups in total. The van der Waals surface area contributed by atoms with Crippen molar-refractivity contribution >= 4 is 5.95 Å². The summed E-state index contributed by atoms with van der Waals surface area (Å²) >= 11 is 0. The molecule has 1 aromatic heterocycles. The van der Waals surface area contributed by atoms with Crippen LogP contribution < -0.4 is 11.0 Å². The van der Waals surface area contributed by atoms with Crippen LogP contribution >= 0.6 is 0 Å². The lowest BCUT2D eigenvalue weighted by Gasteiger charge is -2.05. The van der Waals surface area contributed by atoms with E-state index in [1.165, 1.54) is 4.57 Å². The first-order chi connectivity index (χ1) is 5.69. The first-order valence-corrected chi connectivity index (χ1v) is 3.80. The molecular weight excluding hydrogens is 156 g/mol. The fourth-order valence-electron chi connectivity index (χ4n) is 0.880. The average Bonchev–Trinajstić information content (AvgIpc) is 2.09. The maximum atomic E-state index is 11.2. The normalized spacial score (nSPS) is 9.92. The van der Waals surface area contributed by atoms with E-state index >= 15 is 0 Å². The van der Waals surface area contributed by atoms with Crippen molar-refractivity contribution in [2.45, 2.75) is 13.3 Å². The summed E-state index contributed by atoms with van der Waals surface area (Å²) < 4.78 is 1.37. The van der Waals surface area contributed by atoms with Gasteiger partial charge in [0.2, 0.25) is 5.95 Å². The molecule has 0 aliphatic carbocycles. The van der Waals surface area contributed by atoms with Gasteiger partial charge in [0.25, 0.3) is 0 Å². The second-order valence-electron chi connectivity index (χ2n) is 2.41. The van der Waals surface area contributed by atoms with E-state index in [-0.39, 0.29) is 5.69 Å². The van der Waals surface area contributed by atoms with Crippen molar-refractivity contribution in [1.82, 2.24) is 14.5 Å². The van der Waals surface area contributed by atoms with Crippen LogP contribution in [0.15, 0.2) is 4.79 Å². The summed E-state index contributed by atoms with van der Waals surface area (Å²) in [4.78, 5) is 19.0. The van der Waals surface area contributed by atoms with Gasteiger partial charge in [-0.25, -0.2) is 4.79 Å². The summed E-state index contributed by atoms with van der Waals surface area (Å²) in [6, 6.07) is 0. The van der Waals surface area contributed by atoms with Gasteiger partial charge < -0.3 is 5.32 Å². The molecule has 66 valence electrons. The summed E-state index contributed by atoms with van der Waals surface area (Å²) in [5.74, 6) is 1.12. The summed E-state index contributed by atoms with van der Waals surface area (Å²) in [6.07, 6.45) is 0.671. The molecule has 0 spiro atoms. The third kappa shape index (κ3) is 1.44. The van der Waals surface area contributed by atoms with E-state index in [0.29, 0.717) is 18.2 Å². The molecule has 0 saturated carbocycles. The predicted molar refractivity (Wildman–Crippen MR) is 46.2 cm³/mol. The Balaban J connectivity index is 3.29. The van der Waals surface area contributed by atoms with Crippen LogP contribution in [0.5, 0.6) is 0 Å². The summed E-state index contributed by atoms with van der Waals surface area (Å²) in [5, 5.41) is 2.82. The highest BCUT2D eigenvalue weighted by atomic mass is 16.1. The summed E-state index contributed by atoms with van der Waals surface area (Å²) in [5.41, 5.74) is -0.272. The van der Waals surface area contributed by atoms with Crippen LogP contribution in [0.25, 0.3) is 0 Å². The maximum Gasteiger partial charge on any atom is 0.351 e. The maximum absolute atomic E-state index is 11.2. The Labute approximate surface area is 70.5 Å². The molecular formula is C7H12N4O. The second kappa shape index (κ2) is 3.34. The SMILES string of the molecule is CCc1nc(NC)n(C)c(=O)n1. The molecule has 0 aliphatic rings. The smallest absolute Gasteiger partial charge is 0.351 e. The number of aryl methyl sites for hydroxylation is 1. The topological polar surface area (TPSA) is 59.8 Å². The van der Waals surface area contributed by atoms with E-state index in [9.17, 15) is 4.79 Å². The van der Waals surface area contributed by atoms with Gasteiger partial charge in [0.05, 0.1) is 0 Å². The highest BCUT2D eigenvalue weighted by Crippen LogP contribution is 1.96. The first-order valence-electron chi connectivity index (χ1n) is 3.80. The van der Waals surface area contributed by atoms with Crippen LogP contribution in [0.3, 0.4) is 0 Å². The van der Waals surface area contributed by atoms with E-state index in [1.807, 2.05) is 6.92 Å². The Morgan fingerprint density at radius 3 is 2.67 bits per heavy atom. The molecule has 0 unspecified atom stereocenters. The number of aromatic nitrogens is 3. The third-order valence-electron chi connectivity index (χ3n) is 1.60.